The second-order valence-corrected chi connectivity index (χ2v) is 7.92. The van der Waals surface area contributed by atoms with Crippen molar-refractivity contribution in [2.24, 2.45) is 0 Å². The molecular weight excluding hydrogens is 364 g/mol. The van der Waals surface area contributed by atoms with Gasteiger partial charge in [0.1, 0.15) is 5.52 Å². The number of para-hydroxylation sites is 2. The van der Waals surface area contributed by atoms with Crippen molar-refractivity contribution >= 4 is 22.8 Å². The highest BCUT2D eigenvalue weighted by atomic mass is 16.3. The van der Waals surface area contributed by atoms with E-state index in [1.54, 1.807) is 0 Å². The topological polar surface area (TPSA) is 63.4 Å². The van der Waals surface area contributed by atoms with Gasteiger partial charge in [0.15, 0.2) is 17.3 Å². The first-order valence-corrected chi connectivity index (χ1v) is 10.2. The van der Waals surface area contributed by atoms with Crippen LogP contribution in [0.5, 0.6) is 0 Å². The largest absolute Gasteiger partial charge is 0.440 e. The van der Waals surface area contributed by atoms with Gasteiger partial charge < -0.3 is 9.32 Å². The third-order valence-corrected chi connectivity index (χ3v) is 5.77. The molecule has 2 aromatic carbocycles. The monoisotopic (exact) mass is 390 g/mol. The molecular formula is C24H26N2O3. The minimum absolute atomic E-state index is 0.0425. The molecule has 0 atom stereocenters. The Kier molecular flexibility index (Phi) is 5.47. The van der Waals surface area contributed by atoms with Crippen molar-refractivity contribution in [2.45, 2.75) is 45.4 Å². The van der Waals surface area contributed by atoms with Gasteiger partial charge in [0.2, 0.25) is 5.91 Å². The summed E-state index contributed by atoms with van der Waals surface area (Å²) in [7, 11) is 0. The molecule has 0 aliphatic carbocycles. The molecule has 2 heterocycles. The molecule has 5 nitrogen and oxygen atoms in total. The zero-order valence-electron chi connectivity index (χ0n) is 17.0. The fraction of sp³-hybridized carbons (Fsp3) is 0.375. The highest BCUT2D eigenvalue weighted by Crippen LogP contribution is 2.30. The van der Waals surface area contributed by atoms with E-state index < -0.39 is 0 Å². The first-order chi connectivity index (χ1) is 14.0. The molecule has 0 bridgehead atoms. The molecule has 1 fully saturated rings. The number of amides is 1. The Morgan fingerprint density at radius 1 is 1.07 bits per heavy atom. The number of hydrogen-bond acceptors (Lipinski definition) is 4. The Morgan fingerprint density at radius 3 is 2.59 bits per heavy atom. The minimum atomic E-state index is 0.0425. The molecule has 5 heteroatoms. The van der Waals surface area contributed by atoms with E-state index in [0.29, 0.717) is 13.1 Å². The van der Waals surface area contributed by atoms with E-state index in [-0.39, 0.29) is 30.4 Å². The van der Waals surface area contributed by atoms with Gasteiger partial charge in [-0.05, 0) is 50.5 Å². The number of ketones is 1. The maximum atomic E-state index is 12.6. The summed E-state index contributed by atoms with van der Waals surface area (Å²) in [5.74, 6) is 1.10. The van der Waals surface area contributed by atoms with E-state index in [9.17, 15) is 9.59 Å². The molecule has 0 unspecified atom stereocenters. The molecule has 1 aliphatic heterocycles. The molecule has 150 valence electrons. The Bertz CT molecular complexity index is 1010. The van der Waals surface area contributed by atoms with E-state index in [0.717, 1.165) is 46.5 Å². The van der Waals surface area contributed by atoms with Gasteiger partial charge in [-0.2, -0.15) is 0 Å². The number of likely N-dealkylation sites (tertiary alicyclic amines) is 1. The molecule has 0 N–H and O–H groups in total. The molecule has 1 amide bonds. The minimum Gasteiger partial charge on any atom is -0.440 e. The summed E-state index contributed by atoms with van der Waals surface area (Å²) >= 11 is 0. The summed E-state index contributed by atoms with van der Waals surface area (Å²) in [6.45, 7) is 5.27. The summed E-state index contributed by atoms with van der Waals surface area (Å²) in [6.07, 6.45) is 2.20. The number of aromatic nitrogens is 1. The van der Waals surface area contributed by atoms with E-state index in [1.165, 1.54) is 0 Å². The number of oxazole rings is 1. The van der Waals surface area contributed by atoms with Crippen LogP contribution in [0.2, 0.25) is 0 Å². The van der Waals surface area contributed by atoms with Gasteiger partial charge in [-0.15, -0.1) is 0 Å². The number of aryl methyl sites for hydroxylation is 2. The first-order valence-electron chi connectivity index (χ1n) is 10.2. The van der Waals surface area contributed by atoms with Crippen LogP contribution in [0, 0.1) is 13.8 Å². The van der Waals surface area contributed by atoms with Gasteiger partial charge in [0, 0.05) is 37.4 Å². The molecule has 3 aromatic rings. The van der Waals surface area contributed by atoms with E-state index in [2.05, 4.69) is 4.98 Å². The van der Waals surface area contributed by atoms with Crippen LogP contribution in [-0.4, -0.2) is 34.7 Å². The number of hydrogen-bond donors (Lipinski definition) is 0. The maximum absolute atomic E-state index is 12.6. The van der Waals surface area contributed by atoms with Crippen LogP contribution in [0.1, 0.15) is 59.0 Å². The molecule has 0 saturated carbocycles. The van der Waals surface area contributed by atoms with Crippen LogP contribution in [0.15, 0.2) is 46.9 Å². The lowest BCUT2D eigenvalue weighted by atomic mass is 9.96. The Morgan fingerprint density at radius 2 is 1.83 bits per heavy atom. The van der Waals surface area contributed by atoms with Crippen LogP contribution in [0.3, 0.4) is 0 Å². The van der Waals surface area contributed by atoms with Crippen molar-refractivity contribution in [1.29, 1.82) is 0 Å². The molecule has 29 heavy (non-hydrogen) atoms. The van der Waals surface area contributed by atoms with Crippen molar-refractivity contribution in [1.82, 2.24) is 9.88 Å². The van der Waals surface area contributed by atoms with E-state index in [4.69, 9.17) is 4.42 Å². The van der Waals surface area contributed by atoms with E-state index >= 15 is 0 Å². The van der Waals surface area contributed by atoms with Crippen molar-refractivity contribution in [3.63, 3.8) is 0 Å². The summed E-state index contributed by atoms with van der Waals surface area (Å²) in [4.78, 5) is 31.6. The normalized spacial score (nSPS) is 15.0. The van der Waals surface area contributed by atoms with Crippen molar-refractivity contribution in [3.8, 4) is 0 Å². The van der Waals surface area contributed by atoms with Gasteiger partial charge in [0.25, 0.3) is 0 Å². The van der Waals surface area contributed by atoms with Crippen LogP contribution in [0.4, 0.5) is 0 Å². The zero-order chi connectivity index (χ0) is 20.4. The van der Waals surface area contributed by atoms with Gasteiger partial charge in [-0.1, -0.05) is 29.8 Å². The van der Waals surface area contributed by atoms with Crippen LogP contribution in [-0.2, 0) is 4.79 Å². The highest BCUT2D eigenvalue weighted by molar-refractivity contribution is 5.99. The summed E-state index contributed by atoms with van der Waals surface area (Å²) in [6, 6.07) is 13.6. The van der Waals surface area contributed by atoms with Gasteiger partial charge in [-0.3, -0.25) is 9.59 Å². The van der Waals surface area contributed by atoms with Crippen molar-refractivity contribution < 1.29 is 14.0 Å². The number of piperidine rings is 1. The molecule has 1 aliphatic rings. The predicted molar refractivity (Wildman–Crippen MR) is 112 cm³/mol. The second-order valence-electron chi connectivity index (χ2n) is 7.92. The molecule has 4 rings (SSSR count). The number of benzene rings is 2. The summed E-state index contributed by atoms with van der Waals surface area (Å²) in [5.41, 5.74) is 4.45. The number of Topliss-reactive ketones (excluding diaryl/α,β-unsaturated/α-hetero) is 1. The first kappa shape index (κ1) is 19.4. The fourth-order valence-corrected chi connectivity index (χ4v) is 3.99. The van der Waals surface area contributed by atoms with E-state index in [1.807, 2.05) is 61.2 Å². The van der Waals surface area contributed by atoms with Gasteiger partial charge >= 0.3 is 0 Å². The van der Waals surface area contributed by atoms with Crippen molar-refractivity contribution in [3.05, 3.63) is 65.0 Å². The summed E-state index contributed by atoms with van der Waals surface area (Å²) in [5, 5.41) is 0. The van der Waals surface area contributed by atoms with Crippen molar-refractivity contribution in [2.75, 3.05) is 13.1 Å². The summed E-state index contributed by atoms with van der Waals surface area (Å²) < 4.78 is 5.89. The number of rotatable bonds is 5. The fourth-order valence-electron chi connectivity index (χ4n) is 3.99. The maximum Gasteiger partial charge on any atom is 0.223 e. The number of carbonyl (C=O) groups excluding carboxylic acids is 2. The van der Waals surface area contributed by atoms with Gasteiger partial charge in [-0.25, -0.2) is 4.98 Å². The average Bonchev–Trinajstić information content (AvgIpc) is 3.18. The predicted octanol–water partition coefficient (Wildman–Crippen LogP) is 4.81. The second kappa shape index (κ2) is 8.19. The smallest absolute Gasteiger partial charge is 0.223 e. The highest BCUT2D eigenvalue weighted by Gasteiger charge is 2.27. The Balaban J connectivity index is 1.31. The third kappa shape index (κ3) is 4.24. The van der Waals surface area contributed by atoms with Gasteiger partial charge in [0.05, 0.1) is 0 Å². The average molecular weight is 390 g/mol. The number of nitrogens with zero attached hydrogens (tertiary/aromatic N) is 2. The molecule has 1 saturated heterocycles. The third-order valence-electron chi connectivity index (χ3n) is 5.77. The number of carbonyl (C=O) groups is 2. The Hall–Kier alpha value is -2.95. The van der Waals surface area contributed by atoms with Crippen LogP contribution in [0.25, 0.3) is 11.1 Å². The lowest BCUT2D eigenvalue weighted by molar-refractivity contribution is -0.132. The molecule has 0 spiro atoms. The van der Waals surface area contributed by atoms with Crippen LogP contribution < -0.4 is 0 Å². The quantitative estimate of drug-likeness (QED) is 0.586. The number of fused-ring (bicyclic) bond motifs is 1. The zero-order valence-corrected chi connectivity index (χ0v) is 17.0. The molecule has 0 radical (unpaired) electrons. The molecule has 1 aromatic heterocycles. The Labute approximate surface area is 170 Å². The standard InChI is InChI=1S/C24H26N2O3/c1-16-7-8-17(2)19(15-16)21(27)9-10-23(28)26-13-11-18(12-14-26)24-25-20-5-3-4-6-22(20)29-24/h3-8,15,18H,9-14H2,1-2H3. The SMILES string of the molecule is Cc1ccc(C)c(C(=O)CCC(=O)N2CCC(c3nc4ccccc4o3)CC2)c1. The lowest BCUT2D eigenvalue weighted by Crippen LogP contribution is -2.38. The lowest BCUT2D eigenvalue weighted by Gasteiger charge is -2.30. The van der Waals surface area contributed by atoms with Crippen LogP contribution >= 0.6 is 0 Å².